The van der Waals surface area contributed by atoms with E-state index in [2.05, 4.69) is 5.10 Å². The molecule has 0 atom stereocenters. The van der Waals surface area contributed by atoms with Crippen molar-refractivity contribution in [3.8, 4) is 5.75 Å². The molecule has 2 aromatic rings. The molecule has 0 unspecified atom stereocenters. The van der Waals surface area contributed by atoms with Crippen LogP contribution in [0.15, 0.2) is 24.4 Å². The van der Waals surface area contributed by atoms with E-state index < -0.39 is 5.82 Å². The van der Waals surface area contributed by atoms with Crippen LogP contribution in [-0.4, -0.2) is 22.7 Å². The summed E-state index contributed by atoms with van der Waals surface area (Å²) < 4.78 is 20.2. The Morgan fingerprint density at radius 2 is 2.21 bits per heavy atom. The van der Waals surface area contributed by atoms with Crippen LogP contribution in [0.4, 0.5) is 4.39 Å². The van der Waals surface area contributed by atoms with E-state index in [1.807, 2.05) is 6.92 Å². The minimum atomic E-state index is -0.396. The van der Waals surface area contributed by atoms with Crippen LogP contribution in [0.1, 0.15) is 28.5 Å². The van der Waals surface area contributed by atoms with Crippen molar-refractivity contribution < 1.29 is 13.9 Å². The maximum atomic E-state index is 13.5. The van der Waals surface area contributed by atoms with Crippen LogP contribution in [0.2, 0.25) is 0 Å². The maximum Gasteiger partial charge on any atom is 0.214 e. The lowest BCUT2D eigenvalue weighted by molar-refractivity contribution is 0.102. The van der Waals surface area contributed by atoms with Crippen LogP contribution in [0.25, 0.3) is 0 Å². The van der Waals surface area contributed by atoms with Gasteiger partial charge in [-0.2, -0.15) is 5.10 Å². The number of aromatic nitrogens is 2. The minimum absolute atomic E-state index is 0.289. The maximum absolute atomic E-state index is 13.5. The Bertz CT molecular complexity index is 598. The first kappa shape index (κ1) is 13.3. The number of aryl methyl sites for hydroxylation is 2. The summed E-state index contributed by atoms with van der Waals surface area (Å²) in [6, 6.07) is 4.43. The van der Waals surface area contributed by atoms with Crippen LogP contribution >= 0.6 is 0 Å². The van der Waals surface area contributed by atoms with Gasteiger partial charge in [0.25, 0.3) is 0 Å². The van der Waals surface area contributed by atoms with Crippen LogP contribution < -0.4 is 4.74 Å². The zero-order valence-electron chi connectivity index (χ0n) is 11.1. The number of ketones is 1. The van der Waals surface area contributed by atoms with E-state index in [9.17, 15) is 9.18 Å². The molecule has 0 N–H and O–H groups in total. The van der Waals surface area contributed by atoms with Gasteiger partial charge in [-0.3, -0.25) is 9.48 Å². The number of hydrogen-bond donors (Lipinski definition) is 0. The molecule has 0 saturated heterocycles. The van der Waals surface area contributed by atoms with Crippen molar-refractivity contribution in [1.82, 2.24) is 9.78 Å². The van der Waals surface area contributed by atoms with Crippen molar-refractivity contribution in [1.29, 1.82) is 0 Å². The first-order valence-electron chi connectivity index (χ1n) is 5.99. The highest BCUT2D eigenvalue weighted by Gasteiger charge is 2.20. The number of halogens is 1. The van der Waals surface area contributed by atoms with E-state index in [1.54, 1.807) is 23.7 Å². The van der Waals surface area contributed by atoms with Crippen molar-refractivity contribution in [2.75, 3.05) is 7.11 Å². The summed E-state index contributed by atoms with van der Waals surface area (Å²) in [4.78, 5) is 12.4. The third-order valence-corrected chi connectivity index (χ3v) is 2.97. The molecule has 0 saturated carbocycles. The molecule has 0 fully saturated rings. The van der Waals surface area contributed by atoms with Gasteiger partial charge in [0.1, 0.15) is 5.82 Å². The molecule has 2 rings (SSSR count). The number of hydrogen-bond acceptors (Lipinski definition) is 3. The fourth-order valence-corrected chi connectivity index (χ4v) is 1.86. The minimum Gasteiger partial charge on any atom is -0.493 e. The smallest absolute Gasteiger partial charge is 0.214 e. The number of carbonyl (C=O) groups excluding carboxylic acids is 1. The molecule has 1 aromatic carbocycles. The van der Waals surface area contributed by atoms with E-state index in [4.69, 9.17) is 4.74 Å². The number of ether oxygens (including phenoxy) is 1. The van der Waals surface area contributed by atoms with Gasteiger partial charge in [-0.15, -0.1) is 0 Å². The second-order valence-electron chi connectivity index (χ2n) is 4.17. The molecule has 0 aliphatic rings. The van der Waals surface area contributed by atoms with Crippen LogP contribution in [0, 0.1) is 12.7 Å². The van der Waals surface area contributed by atoms with Crippen molar-refractivity contribution in [3.05, 3.63) is 47.0 Å². The first-order valence-corrected chi connectivity index (χ1v) is 5.99. The van der Waals surface area contributed by atoms with Crippen LogP contribution in [0.3, 0.4) is 0 Å². The second-order valence-corrected chi connectivity index (χ2v) is 4.17. The van der Waals surface area contributed by atoms with Gasteiger partial charge >= 0.3 is 0 Å². The Balaban J connectivity index is 2.49. The molecule has 0 bridgehead atoms. The fraction of sp³-hybridized carbons (Fsp3) is 0.286. The molecule has 0 spiro atoms. The monoisotopic (exact) mass is 262 g/mol. The molecule has 0 aliphatic heterocycles. The summed E-state index contributed by atoms with van der Waals surface area (Å²) in [5.41, 5.74) is 1.14. The molecule has 1 heterocycles. The molecule has 5 heteroatoms. The molecule has 0 radical (unpaired) electrons. The van der Waals surface area contributed by atoms with Gasteiger partial charge < -0.3 is 4.74 Å². The number of methoxy groups -OCH3 is 1. The van der Waals surface area contributed by atoms with Gasteiger partial charge in [0, 0.05) is 12.1 Å². The molecular formula is C14H15FN2O2. The molecule has 100 valence electrons. The van der Waals surface area contributed by atoms with Crippen molar-refractivity contribution in [2.24, 2.45) is 0 Å². The summed E-state index contributed by atoms with van der Waals surface area (Å²) in [5.74, 6) is -0.296. The Morgan fingerprint density at radius 1 is 1.47 bits per heavy atom. The fourth-order valence-electron chi connectivity index (χ4n) is 1.86. The molecule has 0 amide bonds. The Morgan fingerprint density at radius 3 is 2.79 bits per heavy atom. The van der Waals surface area contributed by atoms with Gasteiger partial charge in [0.2, 0.25) is 5.78 Å². The van der Waals surface area contributed by atoms with E-state index in [1.165, 1.54) is 19.4 Å². The van der Waals surface area contributed by atoms with Gasteiger partial charge in [0.05, 0.1) is 13.3 Å². The van der Waals surface area contributed by atoms with E-state index >= 15 is 0 Å². The highest BCUT2D eigenvalue weighted by Crippen LogP contribution is 2.22. The van der Waals surface area contributed by atoms with Crippen LogP contribution in [-0.2, 0) is 6.54 Å². The third kappa shape index (κ3) is 2.36. The Kier molecular flexibility index (Phi) is 3.64. The zero-order chi connectivity index (χ0) is 14.0. The molecule has 19 heavy (non-hydrogen) atoms. The van der Waals surface area contributed by atoms with Gasteiger partial charge in [-0.1, -0.05) is 12.1 Å². The van der Waals surface area contributed by atoms with E-state index in [0.29, 0.717) is 23.6 Å². The predicted octanol–water partition coefficient (Wildman–Crippen LogP) is 2.59. The SMILES string of the molecule is CCn1ncc(OC)c1C(=O)c1ccc(C)c(F)c1. The van der Waals surface area contributed by atoms with Crippen molar-refractivity contribution in [2.45, 2.75) is 20.4 Å². The summed E-state index contributed by atoms with van der Waals surface area (Å²) >= 11 is 0. The normalized spacial score (nSPS) is 10.5. The molecule has 0 aliphatic carbocycles. The second kappa shape index (κ2) is 5.22. The van der Waals surface area contributed by atoms with Crippen molar-refractivity contribution in [3.63, 3.8) is 0 Å². The summed E-state index contributed by atoms with van der Waals surface area (Å²) in [7, 11) is 1.48. The molecular weight excluding hydrogens is 247 g/mol. The number of carbonyl (C=O) groups is 1. The number of rotatable bonds is 4. The van der Waals surface area contributed by atoms with E-state index in [-0.39, 0.29) is 11.3 Å². The Labute approximate surface area is 110 Å². The number of benzene rings is 1. The molecule has 4 nitrogen and oxygen atoms in total. The van der Waals surface area contributed by atoms with Crippen molar-refractivity contribution >= 4 is 5.78 Å². The Hall–Kier alpha value is -2.17. The van der Waals surface area contributed by atoms with Gasteiger partial charge in [-0.05, 0) is 25.5 Å². The predicted molar refractivity (Wildman–Crippen MR) is 69.0 cm³/mol. The number of nitrogens with zero attached hydrogens (tertiary/aromatic N) is 2. The largest absolute Gasteiger partial charge is 0.493 e. The summed E-state index contributed by atoms with van der Waals surface area (Å²) in [6.07, 6.45) is 1.49. The quantitative estimate of drug-likeness (QED) is 0.795. The zero-order valence-corrected chi connectivity index (χ0v) is 11.1. The topological polar surface area (TPSA) is 44.1 Å². The summed E-state index contributed by atoms with van der Waals surface area (Å²) in [5, 5.41) is 4.07. The highest BCUT2D eigenvalue weighted by atomic mass is 19.1. The lowest BCUT2D eigenvalue weighted by atomic mass is 10.1. The standard InChI is InChI=1S/C14H15FN2O2/c1-4-17-13(12(19-3)8-16-17)14(18)10-6-5-9(2)11(15)7-10/h5-8H,4H2,1-3H3. The lowest BCUT2D eigenvalue weighted by Crippen LogP contribution is -2.12. The lowest BCUT2D eigenvalue weighted by Gasteiger charge is -2.07. The third-order valence-electron chi connectivity index (χ3n) is 2.97. The van der Waals surface area contributed by atoms with Gasteiger partial charge in [0.15, 0.2) is 11.4 Å². The highest BCUT2D eigenvalue weighted by molar-refractivity contribution is 6.09. The first-order chi connectivity index (χ1) is 9.08. The van der Waals surface area contributed by atoms with Gasteiger partial charge in [-0.25, -0.2) is 4.39 Å². The summed E-state index contributed by atoms with van der Waals surface area (Å²) in [6.45, 7) is 4.07. The average Bonchev–Trinajstić information content (AvgIpc) is 2.83. The van der Waals surface area contributed by atoms with Crippen LogP contribution in [0.5, 0.6) is 5.75 Å². The molecule has 1 aromatic heterocycles. The van der Waals surface area contributed by atoms with E-state index in [0.717, 1.165) is 0 Å². The average molecular weight is 262 g/mol.